The second-order valence-electron chi connectivity index (χ2n) is 7.67. The van der Waals surface area contributed by atoms with Gasteiger partial charge in [0, 0.05) is 24.0 Å². The van der Waals surface area contributed by atoms with Gasteiger partial charge in [0.25, 0.3) is 0 Å². The Hall–Kier alpha value is -3.30. The standard InChI is InChI=1S/C28H26O3/c1-3-27(29)23-15-13-19-9-5-7-11-21(19)25(23)17-31-18-26-22-12-8-6-10-20(22)14-16-24(26)28(30)4-2/h5-16H,3-4,17-18H2,1-2H3. The van der Waals surface area contributed by atoms with Crippen LogP contribution in [0.4, 0.5) is 0 Å². The first-order valence-corrected chi connectivity index (χ1v) is 10.8. The van der Waals surface area contributed by atoms with Crippen LogP contribution in [0.5, 0.6) is 0 Å². The van der Waals surface area contributed by atoms with Gasteiger partial charge in [0.05, 0.1) is 13.2 Å². The zero-order valence-corrected chi connectivity index (χ0v) is 18.0. The Morgan fingerprint density at radius 1 is 0.613 bits per heavy atom. The van der Waals surface area contributed by atoms with Gasteiger partial charge in [-0.1, -0.05) is 86.6 Å². The second-order valence-corrected chi connectivity index (χ2v) is 7.67. The summed E-state index contributed by atoms with van der Waals surface area (Å²) >= 11 is 0. The molecule has 3 heteroatoms. The molecule has 0 fully saturated rings. The van der Waals surface area contributed by atoms with Gasteiger partial charge in [0.1, 0.15) is 0 Å². The van der Waals surface area contributed by atoms with Crippen molar-refractivity contribution in [1.29, 1.82) is 0 Å². The van der Waals surface area contributed by atoms with E-state index in [0.29, 0.717) is 37.2 Å². The topological polar surface area (TPSA) is 43.4 Å². The molecule has 0 spiro atoms. The minimum absolute atomic E-state index is 0.108. The van der Waals surface area contributed by atoms with E-state index < -0.39 is 0 Å². The van der Waals surface area contributed by atoms with Gasteiger partial charge in [-0.2, -0.15) is 0 Å². The smallest absolute Gasteiger partial charge is 0.162 e. The number of hydrogen-bond acceptors (Lipinski definition) is 3. The number of Topliss-reactive ketones (excluding diaryl/α,β-unsaturated/α-hetero) is 2. The molecule has 4 aromatic carbocycles. The summed E-state index contributed by atoms with van der Waals surface area (Å²) in [6.07, 6.45) is 0.896. The lowest BCUT2D eigenvalue weighted by Gasteiger charge is -2.15. The van der Waals surface area contributed by atoms with Gasteiger partial charge in [-0.05, 0) is 32.7 Å². The van der Waals surface area contributed by atoms with Crippen LogP contribution in [-0.2, 0) is 18.0 Å². The lowest BCUT2D eigenvalue weighted by Crippen LogP contribution is -2.08. The molecule has 31 heavy (non-hydrogen) atoms. The van der Waals surface area contributed by atoms with Crippen LogP contribution >= 0.6 is 0 Å². The van der Waals surface area contributed by atoms with E-state index in [1.807, 2.05) is 86.6 Å². The Morgan fingerprint density at radius 3 is 1.45 bits per heavy atom. The van der Waals surface area contributed by atoms with E-state index >= 15 is 0 Å². The molecule has 156 valence electrons. The molecule has 4 aromatic rings. The Labute approximate surface area is 182 Å². The third-order valence-electron chi connectivity index (χ3n) is 5.82. The summed E-state index contributed by atoms with van der Waals surface area (Å²) in [6.45, 7) is 4.37. The molecule has 4 rings (SSSR count). The molecule has 0 saturated heterocycles. The van der Waals surface area contributed by atoms with E-state index in [4.69, 9.17) is 4.74 Å². The van der Waals surface area contributed by atoms with Crippen LogP contribution in [-0.4, -0.2) is 11.6 Å². The minimum atomic E-state index is 0.108. The first-order valence-electron chi connectivity index (χ1n) is 10.8. The Kier molecular flexibility index (Phi) is 6.24. The van der Waals surface area contributed by atoms with Gasteiger partial charge >= 0.3 is 0 Å². The number of fused-ring (bicyclic) bond motifs is 2. The van der Waals surface area contributed by atoms with E-state index in [2.05, 4.69) is 0 Å². The molecule has 0 saturated carbocycles. The molecule has 0 aliphatic rings. The fourth-order valence-electron chi connectivity index (χ4n) is 4.14. The normalized spacial score (nSPS) is 11.2. The summed E-state index contributed by atoms with van der Waals surface area (Å²) < 4.78 is 6.19. The summed E-state index contributed by atoms with van der Waals surface area (Å²) in [6, 6.07) is 23.9. The SMILES string of the molecule is CCC(=O)c1ccc2ccccc2c1COCc1c(C(=O)CC)ccc2ccccc12. The molecule has 0 amide bonds. The van der Waals surface area contributed by atoms with Crippen molar-refractivity contribution in [1.82, 2.24) is 0 Å². The molecule has 0 aliphatic heterocycles. The monoisotopic (exact) mass is 410 g/mol. The van der Waals surface area contributed by atoms with E-state index in [-0.39, 0.29) is 11.6 Å². The summed E-state index contributed by atoms with van der Waals surface area (Å²) in [5.41, 5.74) is 3.25. The Morgan fingerprint density at radius 2 is 1.03 bits per heavy atom. The number of carbonyl (C=O) groups is 2. The third-order valence-corrected chi connectivity index (χ3v) is 5.82. The van der Waals surface area contributed by atoms with E-state index in [9.17, 15) is 9.59 Å². The lowest BCUT2D eigenvalue weighted by atomic mass is 9.95. The van der Waals surface area contributed by atoms with Crippen molar-refractivity contribution in [3.05, 3.63) is 95.1 Å². The lowest BCUT2D eigenvalue weighted by molar-refractivity contribution is 0.0947. The van der Waals surface area contributed by atoms with Crippen LogP contribution < -0.4 is 0 Å². The van der Waals surface area contributed by atoms with Crippen molar-refractivity contribution < 1.29 is 14.3 Å². The van der Waals surface area contributed by atoms with Crippen LogP contribution in [0.3, 0.4) is 0 Å². The number of carbonyl (C=O) groups excluding carboxylic acids is 2. The zero-order chi connectivity index (χ0) is 21.8. The van der Waals surface area contributed by atoms with E-state index in [1.54, 1.807) is 0 Å². The highest BCUT2D eigenvalue weighted by Crippen LogP contribution is 2.27. The fraction of sp³-hybridized carbons (Fsp3) is 0.214. The minimum Gasteiger partial charge on any atom is -0.372 e. The van der Waals surface area contributed by atoms with Crippen LogP contribution in [0, 0.1) is 0 Å². The average molecular weight is 411 g/mol. The molecule has 0 radical (unpaired) electrons. The van der Waals surface area contributed by atoms with Crippen molar-refractivity contribution in [2.24, 2.45) is 0 Å². The molecular formula is C28H26O3. The number of benzene rings is 4. The van der Waals surface area contributed by atoms with Gasteiger partial charge in [-0.15, -0.1) is 0 Å². The molecule has 0 unspecified atom stereocenters. The molecule has 0 heterocycles. The van der Waals surface area contributed by atoms with E-state index in [0.717, 1.165) is 32.7 Å². The van der Waals surface area contributed by atoms with Crippen LogP contribution in [0.15, 0.2) is 72.8 Å². The highest BCUT2D eigenvalue weighted by molar-refractivity contribution is 6.03. The third kappa shape index (κ3) is 4.14. The molecular weight excluding hydrogens is 384 g/mol. The number of hydrogen-bond donors (Lipinski definition) is 0. The maximum absolute atomic E-state index is 12.6. The number of rotatable bonds is 8. The molecule has 0 aromatic heterocycles. The first kappa shape index (κ1) is 21.0. The predicted molar refractivity (Wildman–Crippen MR) is 126 cm³/mol. The number of ketones is 2. The fourth-order valence-corrected chi connectivity index (χ4v) is 4.14. The van der Waals surface area contributed by atoms with Crippen molar-refractivity contribution in [3.63, 3.8) is 0 Å². The van der Waals surface area contributed by atoms with Crippen molar-refractivity contribution in [3.8, 4) is 0 Å². The van der Waals surface area contributed by atoms with Crippen LogP contribution in [0.25, 0.3) is 21.5 Å². The molecule has 0 aliphatic carbocycles. The van der Waals surface area contributed by atoms with Crippen molar-refractivity contribution in [2.45, 2.75) is 39.9 Å². The quantitative estimate of drug-likeness (QED) is 0.297. The highest BCUT2D eigenvalue weighted by atomic mass is 16.5. The maximum atomic E-state index is 12.6. The van der Waals surface area contributed by atoms with Gasteiger partial charge < -0.3 is 4.74 Å². The predicted octanol–water partition coefficient (Wildman–Crippen LogP) is 6.90. The molecule has 0 N–H and O–H groups in total. The molecule has 0 atom stereocenters. The summed E-state index contributed by atoms with van der Waals surface area (Å²) in [5, 5.41) is 4.23. The van der Waals surface area contributed by atoms with E-state index in [1.165, 1.54) is 0 Å². The molecule has 0 bridgehead atoms. The van der Waals surface area contributed by atoms with Gasteiger partial charge in [-0.3, -0.25) is 9.59 Å². The summed E-state index contributed by atoms with van der Waals surface area (Å²) in [5.74, 6) is 0.215. The largest absolute Gasteiger partial charge is 0.372 e. The number of ether oxygens (including phenoxy) is 1. The van der Waals surface area contributed by atoms with Gasteiger partial charge in [-0.25, -0.2) is 0 Å². The van der Waals surface area contributed by atoms with Gasteiger partial charge in [0.2, 0.25) is 0 Å². The Bertz CT molecular complexity index is 1170. The Balaban J connectivity index is 1.70. The summed E-state index contributed by atoms with van der Waals surface area (Å²) in [7, 11) is 0. The summed E-state index contributed by atoms with van der Waals surface area (Å²) in [4.78, 5) is 25.1. The van der Waals surface area contributed by atoms with Crippen molar-refractivity contribution in [2.75, 3.05) is 0 Å². The average Bonchev–Trinajstić information content (AvgIpc) is 2.83. The molecule has 3 nitrogen and oxygen atoms in total. The van der Waals surface area contributed by atoms with Crippen LogP contribution in [0.1, 0.15) is 58.5 Å². The van der Waals surface area contributed by atoms with Crippen molar-refractivity contribution >= 4 is 33.1 Å². The second kappa shape index (κ2) is 9.23. The zero-order valence-electron chi connectivity index (χ0n) is 18.0. The highest BCUT2D eigenvalue weighted by Gasteiger charge is 2.16. The first-order chi connectivity index (χ1) is 15.1. The van der Waals surface area contributed by atoms with Gasteiger partial charge in [0.15, 0.2) is 11.6 Å². The maximum Gasteiger partial charge on any atom is 0.162 e. The van der Waals surface area contributed by atoms with Crippen LogP contribution in [0.2, 0.25) is 0 Å².